The average molecular weight is 373 g/mol. The number of hydrogen-bond donors (Lipinski definition) is 0. The second-order valence-electron chi connectivity index (χ2n) is 8.29. The zero-order chi connectivity index (χ0) is 18.5. The fraction of sp³-hybridized carbons (Fsp3) is 0.714. The Kier molecular flexibility index (Phi) is 6.05. The Morgan fingerprint density at radius 1 is 1.30 bits per heavy atom. The molecule has 148 valence electrons. The first-order valence-corrected chi connectivity index (χ1v) is 10.3. The van der Waals surface area contributed by atoms with Gasteiger partial charge in [0.25, 0.3) is 0 Å². The van der Waals surface area contributed by atoms with Gasteiger partial charge in [-0.25, -0.2) is 0 Å². The second kappa shape index (κ2) is 8.67. The fourth-order valence-corrected chi connectivity index (χ4v) is 4.66. The van der Waals surface area contributed by atoms with E-state index < -0.39 is 0 Å². The minimum absolute atomic E-state index is 0.0308. The summed E-state index contributed by atoms with van der Waals surface area (Å²) in [4.78, 5) is 20.8. The van der Waals surface area contributed by atoms with Crippen molar-refractivity contribution in [2.75, 3.05) is 46.0 Å². The van der Waals surface area contributed by atoms with E-state index in [0.29, 0.717) is 12.5 Å². The molecule has 0 saturated carbocycles. The largest absolute Gasteiger partial charge is 0.372 e. The zero-order valence-electron chi connectivity index (χ0n) is 16.1. The third-order valence-corrected chi connectivity index (χ3v) is 6.09. The van der Waals surface area contributed by atoms with Gasteiger partial charge in [-0.15, -0.1) is 0 Å². The molecular formula is C21H31N3O3. The van der Waals surface area contributed by atoms with Gasteiger partial charge in [0.1, 0.15) is 6.61 Å². The van der Waals surface area contributed by atoms with Crippen LogP contribution in [0.4, 0.5) is 0 Å². The van der Waals surface area contributed by atoms with E-state index in [-0.39, 0.29) is 18.1 Å². The van der Waals surface area contributed by atoms with Crippen molar-refractivity contribution >= 4 is 5.91 Å². The predicted octanol–water partition coefficient (Wildman–Crippen LogP) is 2.09. The lowest BCUT2D eigenvalue weighted by Gasteiger charge is -2.53. The van der Waals surface area contributed by atoms with E-state index in [9.17, 15) is 4.79 Å². The maximum atomic E-state index is 12.0. The summed E-state index contributed by atoms with van der Waals surface area (Å²) in [6.07, 6.45) is 7.35. The van der Waals surface area contributed by atoms with Crippen molar-refractivity contribution in [2.24, 2.45) is 5.92 Å². The zero-order valence-corrected chi connectivity index (χ0v) is 16.1. The summed E-state index contributed by atoms with van der Waals surface area (Å²) in [5.74, 6) is 0.790. The molecule has 6 nitrogen and oxygen atoms in total. The summed E-state index contributed by atoms with van der Waals surface area (Å²) in [6.45, 7) is 6.46. The molecule has 0 bridgehead atoms. The van der Waals surface area contributed by atoms with Crippen LogP contribution in [0.5, 0.6) is 0 Å². The molecule has 1 aromatic heterocycles. The number of nitrogens with zero attached hydrogens (tertiary/aromatic N) is 3. The van der Waals surface area contributed by atoms with Gasteiger partial charge < -0.3 is 14.4 Å². The lowest BCUT2D eigenvalue weighted by Crippen LogP contribution is -2.64. The topological polar surface area (TPSA) is 54.9 Å². The van der Waals surface area contributed by atoms with Crippen molar-refractivity contribution < 1.29 is 14.3 Å². The van der Waals surface area contributed by atoms with Crippen molar-refractivity contribution in [3.05, 3.63) is 30.1 Å². The summed E-state index contributed by atoms with van der Waals surface area (Å²) in [6, 6.07) is 6.08. The van der Waals surface area contributed by atoms with Crippen LogP contribution in [0.1, 0.15) is 37.8 Å². The molecule has 4 rings (SSSR count). The van der Waals surface area contributed by atoms with Crippen LogP contribution in [0, 0.1) is 5.92 Å². The number of carbonyl (C=O) groups is 1. The SMILES string of the molecule is O=C(COCC[C@@H]1CCOC2(C1)CN(Cc1ccccn1)C2)N1CCCC1. The molecule has 3 aliphatic rings. The molecule has 3 aliphatic heterocycles. The van der Waals surface area contributed by atoms with E-state index in [4.69, 9.17) is 9.47 Å². The van der Waals surface area contributed by atoms with E-state index >= 15 is 0 Å². The van der Waals surface area contributed by atoms with Crippen LogP contribution in [-0.4, -0.2) is 72.3 Å². The molecule has 3 fully saturated rings. The van der Waals surface area contributed by atoms with Crippen LogP contribution >= 0.6 is 0 Å². The van der Waals surface area contributed by atoms with Crippen molar-refractivity contribution in [1.82, 2.24) is 14.8 Å². The van der Waals surface area contributed by atoms with E-state index in [0.717, 1.165) is 77.1 Å². The van der Waals surface area contributed by atoms with E-state index in [2.05, 4.69) is 16.0 Å². The van der Waals surface area contributed by atoms with Gasteiger partial charge in [0.2, 0.25) is 5.91 Å². The molecule has 0 aromatic carbocycles. The van der Waals surface area contributed by atoms with Crippen LogP contribution in [-0.2, 0) is 20.8 Å². The van der Waals surface area contributed by atoms with Crippen molar-refractivity contribution in [2.45, 2.75) is 44.2 Å². The molecule has 1 aromatic rings. The Morgan fingerprint density at radius 2 is 2.15 bits per heavy atom. The molecule has 4 heterocycles. The summed E-state index contributed by atoms with van der Waals surface area (Å²) in [5.41, 5.74) is 1.15. The van der Waals surface area contributed by atoms with Gasteiger partial charge in [0.15, 0.2) is 0 Å². The van der Waals surface area contributed by atoms with Gasteiger partial charge >= 0.3 is 0 Å². The molecule has 1 amide bonds. The lowest BCUT2D eigenvalue weighted by molar-refractivity contribution is -0.182. The minimum atomic E-state index is 0.0308. The van der Waals surface area contributed by atoms with Crippen LogP contribution in [0.15, 0.2) is 24.4 Å². The molecule has 6 heteroatoms. The molecule has 1 spiro atoms. The second-order valence-corrected chi connectivity index (χ2v) is 8.29. The molecule has 0 unspecified atom stereocenters. The van der Waals surface area contributed by atoms with Crippen LogP contribution in [0.3, 0.4) is 0 Å². The van der Waals surface area contributed by atoms with Crippen LogP contribution in [0.25, 0.3) is 0 Å². The van der Waals surface area contributed by atoms with Crippen molar-refractivity contribution in [1.29, 1.82) is 0 Å². The quantitative estimate of drug-likeness (QED) is 0.685. The molecule has 1 atom stereocenters. The Labute approximate surface area is 161 Å². The monoisotopic (exact) mass is 373 g/mol. The Balaban J connectivity index is 1.14. The van der Waals surface area contributed by atoms with Crippen LogP contribution in [0.2, 0.25) is 0 Å². The van der Waals surface area contributed by atoms with Gasteiger partial charge in [-0.05, 0) is 50.2 Å². The van der Waals surface area contributed by atoms with Crippen molar-refractivity contribution in [3.8, 4) is 0 Å². The highest BCUT2D eigenvalue weighted by molar-refractivity contribution is 5.77. The maximum absolute atomic E-state index is 12.0. The van der Waals surface area contributed by atoms with Gasteiger partial charge in [-0.3, -0.25) is 14.7 Å². The van der Waals surface area contributed by atoms with Gasteiger partial charge in [0, 0.05) is 52.1 Å². The van der Waals surface area contributed by atoms with Gasteiger partial charge in [-0.1, -0.05) is 6.07 Å². The third kappa shape index (κ3) is 4.86. The molecule has 0 aliphatic carbocycles. The average Bonchev–Trinajstić information content (AvgIpc) is 3.20. The summed E-state index contributed by atoms with van der Waals surface area (Å²) in [7, 11) is 0. The number of ether oxygens (including phenoxy) is 2. The molecule has 3 saturated heterocycles. The first kappa shape index (κ1) is 18.8. The molecule has 0 N–H and O–H groups in total. The first-order valence-electron chi connectivity index (χ1n) is 10.3. The number of hydrogen-bond acceptors (Lipinski definition) is 5. The van der Waals surface area contributed by atoms with Gasteiger partial charge in [-0.2, -0.15) is 0 Å². The third-order valence-electron chi connectivity index (χ3n) is 6.09. The molecular weight excluding hydrogens is 342 g/mol. The highest BCUT2D eigenvalue weighted by atomic mass is 16.5. The Bertz CT molecular complexity index is 612. The highest BCUT2D eigenvalue weighted by Crippen LogP contribution is 2.38. The lowest BCUT2D eigenvalue weighted by atomic mass is 9.79. The Hall–Kier alpha value is -1.50. The number of rotatable bonds is 7. The standard InChI is InChI=1S/C21H31N3O3/c25-20(24-9-3-4-10-24)15-26-11-6-18-7-12-27-21(13-18)16-23(17-21)14-19-5-1-2-8-22-19/h1-2,5,8,18H,3-4,6-7,9-17H2/t18-/m1/s1. The summed E-state index contributed by atoms with van der Waals surface area (Å²) < 4.78 is 11.8. The minimum Gasteiger partial charge on any atom is -0.372 e. The maximum Gasteiger partial charge on any atom is 0.248 e. The molecule has 0 radical (unpaired) electrons. The summed E-state index contributed by atoms with van der Waals surface area (Å²) in [5, 5.41) is 0. The summed E-state index contributed by atoms with van der Waals surface area (Å²) >= 11 is 0. The highest BCUT2D eigenvalue weighted by Gasteiger charge is 2.47. The normalized spacial score (nSPS) is 24.9. The number of likely N-dealkylation sites (tertiary alicyclic amines) is 2. The van der Waals surface area contributed by atoms with Crippen molar-refractivity contribution in [3.63, 3.8) is 0 Å². The van der Waals surface area contributed by atoms with E-state index in [1.54, 1.807) is 0 Å². The molecule has 27 heavy (non-hydrogen) atoms. The first-order chi connectivity index (χ1) is 13.2. The smallest absolute Gasteiger partial charge is 0.248 e. The number of aromatic nitrogens is 1. The fourth-order valence-electron chi connectivity index (χ4n) is 4.66. The number of pyridine rings is 1. The predicted molar refractivity (Wildman–Crippen MR) is 102 cm³/mol. The number of carbonyl (C=O) groups excluding carboxylic acids is 1. The van der Waals surface area contributed by atoms with Gasteiger partial charge in [0.05, 0.1) is 11.3 Å². The van der Waals surface area contributed by atoms with Crippen LogP contribution < -0.4 is 0 Å². The van der Waals surface area contributed by atoms with E-state index in [1.165, 1.54) is 0 Å². The Morgan fingerprint density at radius 3 is 2.93 bits per heavy atom. The number of amides is 1. The van der Waals surface area contributed by atoms with E-state index in [1.807, 2.05) is 23.2 Å².